The Morgan fingerprint density at radius 2 is 1.93 bits per heavy atom. The number of ether oxygens (including phenoxy) is 1. The van der Waals surface area contributed by atoms with Gasteiger partial charge in [0.15, 0.2) is 5.65 Å². The summed E-state index contributed by atoms with van der Waals surface area (Å²) in [6, 6.07) is 9.17. The van der Waals surface area contributed by atoms with Crippen molar-refractivity contribution in [3.8, 4) is 0 Å². The molecule has 0 saturated carbocycles. The van der Waals surface area contributed by atoms with E-state index < -0.39 is 0 Å². The Bertz CT molecular complexity index is 1210. The molecule has 0 amide bonds. The number of nitrogens with one attached hydrogen (secondary N) is 1. The minimum absolute atomic E-state index is 0.207. The molecule has 2 aliphatic heterocycles. The standard InChI is InChI=1S/C21H21FN6O/c22-14-1-2-16-17-13-27(5-4-18(17)23-19(16)11-14)15-3-6-28-20(12-15)24-21(25-28)26-7-9-29-10-8-26/h1-3,6,11-12,23H,4-5,7-10,13H2. The van der Waals surface area contributed by atoms with Crippen LogP contribution in [-0.4, -0.2) is 52.4 Å². The highest BCUT2D eigenvalue weighted by molar-refractivity contribution is 5.85. The Hall–Kier alpha value is -3.13. The van der Waals surface area contributed by atoms with E-state index in [2.05, 4.69) is 32.0 Å². The van der Waals surface area contributed by atoms with Crippen molar-refractivity contribution in [2.45, 2.75) is 13.0 Å². The number of H-pyrrole nitrogens is 1. The second kappa shape index (κ2) is 6.45. The number of nitrogens with zero attached hydrogens (tertiary/aromatic N) is 5. The minimum atomic E-state index is -0.207. The summed E-state index contributed by atoms with van der Waals surface area (Å²) in [6.07, 6.45) is 2.88. The third-order valence-electron chi connectivity index (χ3n) is 5.91. The van der Waals surface area contributed by atoms with Crippen molar-refractivity contribution in [1.82, 2.24) is 19.6 Å². The van der Waals surface area contributed by atoms with Crippen LogP contribution in [0.15, 0.2) is 36.5 Å². The molecule has 3 aromatic heterocycles. The number of aromatic amines is 1. The molecule has 4 aromatic rings. The molecule has 0 aliphatic carbocycles. The van der Waals surface area contributed by atoms with Gasteiger partial charge in [0.25, 0.3) is 0 Å². The molecule has 1 N–H and O–H groups in total. The Labute approximate surface area is 166 Å². The van der Waals surface area contributed by atoms with Crippen LogP contribution in [0, 0.1) is 5.82 Å². The normalized spacial score (nSPS) is 17.3. The van der Waals surface area contributed by atoms with E-state index in [4.69, 9.17) is 9.72 Å². The van der Waals surface area contributed by atoms with E-state index in [0.29, 0.717) is 13.2 Å². The van der Waals surface area contributed by atoms with Crippen molar-refractivity contribution in [1.29, 1.82) is 0 Å². The second-order valence-electron chi connectivity index (χ2n) is 7.64. The first-order valence-corrected chi connectivity index (χ1v) is 9.98. The third-order valence-corrected chi connectivity index (χ3v) is 5.91. The quantitative estimate of drug-likeness (QED) is 0.568. The van der Waals surface area contributed by atoms with Crippen LogP contribution in [0.2, 0.25) is 0 Å². The fourth-order valence-corrected chi connectivity index (χ4v) is 4.37. The van der Waals surface area contributed by atoms with Crippen molar-refractivity contribution < 1.29 is 9.13 Å². The molecule has 8 heteroatoms. The fraction of sp³-hybridized carbons (Fsp3) is 0.333. The first-order valence-electron chi connectivity index (χ1n) is 9.98. The highest BCUT2D eigenvalue weighted by atomic mass is 19.1. The lowest BCUT2D eigenvalue weighted by molar-refractivity contribution is 0.122. The number of rotatable bonds is 2. The maximum atomic E-state index is 13.6. The number of hydrogen-bond acceptors (Lipinski definition) is 5. The van der Waals surface area contributed by atoms with Gasteiger partial charge in [-0.2, -0.15) is 4.98 Å². The van der Waals surface area contributed by atoms with Gasteiger partial charge in [0, 0.05) is 72.7 Å². The maximum Gasteiger partial charge on any atom is 0.245 e. The first kappa shape index (κ1) is 16.8. The van der Waals surface area contributed by atoms with Gasteiger partial charge in [0.1, 0.15) is 5.82 Å². The number of anilines is 2. The maximum absolute atomic E-state index is 13.6. The molecule has 1 fully saturated rings. The predicted octanol–water partition coefficient (Wildman–Crippen LogP) is 2.75. The molecule has 0 radical (unpaired) electrons. The molecular formula is C21H21FN6O. The van der Waals surface area contributed by atoms with Crippen LogP contribution in [0.1, 0.15) is 11.3 Å². The van der Waals surface area contributed by atoms with Crippen molar-refractivity contribution in [2.75, 3.05) is 42.6 Å². The highest BCUT2D eigenvalue weighted by Gasteiger charge is 2.22. The largest absolute Gasteiger partial charge is 0.378 e. The van der Waals surface area contributed by atoms with Gasteiger partial charge in [-0.25, -0.2) is 8.91 Å². The van der Waals surface area contributed by atoms with Crippen LogP contribution >= 0.6 is 0 Å². The number of pyridine rings is 1. The molecule has 0 atom stereocenters. The average Bonchev–Trinajstić information content (AvgIpc) is 3.34. The summed E-state index contributed by atoms with van der Waals surface area (Å²) in [5.74, 6) is 0.548. The van der Waals surface area contributed by atoms with Crippen LogP contribution in [-0.2, 0) is 17.7 Å². The lowest BCUT2D eigenvalue weighted by Crippen LogP contribution is -2.36. The molecule has 6 rings (SSSR count). The molecule has 0 unspecified atom stereocenters. The Kier molecular flexibility index (Phi) is 3.73. The number of fused-ring (bicyclic) bond motifs is 4. The monoisotopic (exact) mass is 392 g/mol. The van der Waals surface area contributed by atoms with Crippen LogP contribution in [0.25, 0.3) is 16.6 Å². The van der Waals surface area contributed by atoms with Crippen LogP contribution in [0.5, 0.6) is 0 Å². The molecular weight excluding hydrogens is 371 g/mol. The zero-order valence-corrected chi connectivity index (χ0v) is 15.9. The minimum Gasteiger partial charge on any atom is -0.378 e. The summed E-state index contributed by atoms with van der Waals surface area (Å²) in [5, 5.41) is 5.72. The van der Waals surface area contributed by atoms with Crippen LogP contribution < -0.4 is 9.80 Å². The van der Waals surface area contributed by atoms with Gasteiger partial charge in [-0.1, -0.05) is 0 Å². The number of hydrogen-bond donors (Lipinski definition) is 1. The molecule has 7 nitrogen and oxygen atoms in total. The third kappa shape index (κ3) is 2.82. The zero-order chi connectivity index (χ0) is 19.4. The predicted molar refractivity (Wildman–Crippen MR) is 109 cm³/mol. The van der Waals surface area contributed by atoms with Gasteiger partial charge in [-0.05, 0) is 24.3 Å². The lowest BCUT2D eigenvalue weighted by Gasteiger charge is -2.29. The Morgan fingerprint density at radius 1 is 1.03 bits per heavy atom. The summed E-state index contributed by atoms with van der Waals surface area (Å²) < 4.78 is 20.8. The van der Waals surface area contributed by atoms with E-state index in [9.17, 15) is 4.39 Å². The first-order chi connectivity index (χ1) is 14.2. The topological polar surface area (TPSA) is 61.7 Å². The van der Waals surface area contributed by atoms with Crippen molar-refractivity contribution in [3.63, 3.8) is 0 Å². The van der Waals surface area contributed by atoms with Gasteiger partial charge in [-0.3, -0.25) is 0 Å². The summed E-state index contributed by atoms with van der Waals surface area (Å²) in [4.78, 5) is 12.6. The van der Waals surface area contributed by atoms with E-state index in [1.165, 1.54) is 17.3 Å². The summed E-state index contributed by atoms with van der Waals surface area (Å²) in [6.45, 7) is 4.76. The Morgan fingerprint density at radius 3 is 2.83 bits per heavy atom. The number of benzene rings is 1. The van der Waals surface area contributed by atoms with Gasteiger partial charge >= 0.3 is 0 Å². The summed E-state index contributed by atoms with van der Waals surface area (Å²) >= 11 is 0. The van der Waals surface area contributed by atoms with Crippen LogP contribution in [0.4, 0.5) is 16.0 Å². The van der Waals surface area contributed by atoms with Crippen molar-refractivity contribution in [3.05, 3.63) is 53.6 Å². The highest BCUT2D eigenvalue weighted by Crippen LogP contribution is 2.31. The van der Waals surface area contributed by atoms with Gasteiger partial charge in [0.2, 0.25) is 5.95 Å². The Balaban J connectivity index is 1.32. The lowest BCUT2D eigenvalue weighted by atomic mass is 10.0. The molecule has 1 aromatic carbocycles. The summed E-state index contributed by atoms with van der Waals surface area (Å²) in [7, 11) is 0. The van der Waals surface area contributed by atoms with Gasteiger partial charge in [-0.15, -0.1) is 5.10 Å². The van der Waals surface area contributed by atoms with E-state index >= 15 is 0 Å². The SMILES string of the molecule is Fc1ccc2c3c([nH]c2c1)CCN(c1ccn2nc(N4CCOCC4)nc2c1)C3. The fourth-order valence-electron chi connectivity index (χ4n) is 4.37. The molecule has 0 bridgehead atoms. The smallest absolute Gasteiger partial charge is 0.245 e. The molecule has 148 valence electrons. The molecule has 0 spiro atoms. The zero-order valence-electron chi connectivity index (χ0n) is 15.9. The number of aromatic nitrogens is 4. The molecule has 2 aliphatic rings. The van der Waals surface area contributed by atoms with Crippen molar-refractivity contribution in [2.24, 2.45) is 0 Å². The van der Waals surface area contributed by atoms with E-state index in [0.717, 1.165) is 60.8 Å². The van der Waals surface area contributed by atoms with Gasteiger partial charge in [0.05, 0.1) is 13.2 Å². The summed E-state index contributed by atoms with van der Waals surface area (Å²) in [5.41, 5.74) is 5.30. The molecule has 29 heavy (non-hydrogen) atoms. The number of halogens is 1. The molecule has 5 heterocycles. The number of morpholine rings is 1. The van der Waals surface area contributed by atoms with E-state index in [1.807, 2.05) is 16.8 Å². The van der Waals surface area contributed by atoms with E-state index in [1.54, 1.807) is 6.07 Å². The second-order valence-corrected chi connectivity index (χ2v) is 7.64. The van der Waals surface area contributed by atoms with Gasteiger partial charge < -0.3 is 19.5 Å². The van der Waals surface area contributed by atoms with Crippen LogP contribution in [0.3, 0.4) is 0 Å². The molecule has 1 saturated heterocycles. The van der Waals surface area contributed by atoms with Crippen molar-refractivity contribution >= 4 is 28.2 Å². The van der Waals surface area contributed by atoms with E-state index in [-0.39, 0.29) is 5.82 Å². The average molecular weight is 392 g/mol.